The molecule has 1 heterocycles. The summed E-state index contributed by atoms with van der Waals surface area (Å²) >= 11 is 0. The van der Waals surface area contributed by atoms with Gasteiger partial charge in [0.1, 0.15) is 11.3 Å². The third kappa shape index (κ3) is 1.95. The van der Waals surface area contributed by atoms with E-state index in [0.29, 0.717) is 4.88 Å². The van der Waals surface area contributed by atoms with Crippen LogP contribution in [0.5, 0.6) is 0 Å². The van der Waals surface area contributed by atoms with Crippen LogP contribution in [-0.2, 0) is 4.79 Å². The molecule has 0 bridgehead atoms. The second-order valence-corrected chi connectivity index (χ2v) is 4.78. The maximum atomic E-state index is 11.1. The molecule has 0 radical (unpaired) electrons. The van der Waals surface area contributed by atoms with E-state index in [-0.39, 0.29) is 5.12 Å². The summed E-state index contributed by atoms with van der Waals surface area (Å²) in [6.45, 7) is 3.09. The average molecular weight is 199 g/mol. The number of carbonyl (C=O) groups is 2. The van der Waals surface area contributed by atoms with E-state index in [2.05, 4.69) is 0 Å². The van der Waals surface area contributed by atoms with Crippen LogP contribution in [0.4, 0.5) is 0 Å². The Morgan fingerprint density at radius 1 is 1.54 bits per heavy atom. The molecule has 0 spiro atoms. The highest BCUT2D eigenvalue weighted by Gasteiger charge is 2.27. The zero-order valence-corrected chi connectivity index (χ0v) is 8.30. The minimum atomic E-state index is -0.881. The molecule has 0 saturated carbocycles. The topological polar surface area (TPSA) is 54.4 Å². The van der Waals surface area contributed by atoms with Gasteiger partial charge in [0.15, 0.2) is 4.88 Å². The highest BCUT2D eigenvalue weighted by Crippen LogP contribution is 2.31. The van der Waals surface area contributed by atoms with E-state index in [1.54, 1.807) is 24.4 Å². The van der Waals surface area contributed by atoms with E-state index >= 15 is 0 Å². The highest BCUT2D eigenvalue weighted by molar-refractivity contribution is 7.50. The Morgan fingerprint density at radius 2 is 2.15 bits per heavy atom. The van der Waals surface area contributed by atoms with E-state index in [9.17, 15) is 9.59 Å². The van der Waals surface area contributed by atoms with Crippen LogP contribution >= 0.6 is 10.5 Å². The van der Waals surface area contributed by atoms with Crippen LogP contribution in [0, 0.1) is 0 Å². The van der Waals surface area contributed by atoms with Gasteiger partial charge in [-0.3, -0.25) is 4.79 Å². The first-order chi connectivity index (χ1) is 6.04. The van der Waals surface area contributed by atoms with Crippen LogP contribution in [0.25, 0.3) is 0 Å². The molecule has 1 rings (SSSR count). The SMILES string of the molecule is CC(=O)[s+]1cccc1C(C)C(=O)O. The maximum absolute atomic E-state index is 11.1. The number of aliphatic carboxylic acids is 1. The summed E-state index contributed by atoms with van der Waals surface area (Å²) in [6, 6.07) is 3.47. The van der Waals surface area contributed by atoms with E-state index in [1.807, 2.05) is 0 Å². The van der Waals surface area contributed by atoms with Crippen LogP contribution in [0.15, 0.2) is 17.5 Å². The lowest BCUT2D eigenvalue weighted by molar-refractivity contribution is -0.138. The van der Waals surface area contributed by atoms with Gasteiger partial charge in [-0.1, -0.05) is 0 Å². The first kappa shape index (κ1) is 9.92. The molecule has 1 N–H and O–H groups in total. The lowest BCUT2D eigenvalue weighted by Gasteiger charge is -1.98. The van der Waals surface area contributed by atoms with Crippen molar-refractivity contribution in [3.8, 4) is 0 Å². The summed E-state index contributed by atoms with van der Waals surface area (Å²) in [6.07, 6.45) is 0. The lowest BCUT2D eigenvalue weighted by Crippen LogP contribution is -2.06. The fourth-order valence-electron chi connectivity index (χ4n) is 1.08. The Labute approximate surface area is 79.0 Å². The van der Waals surface area contributed by atoms with Crippen LogP contribution in [0.3, 0.4) is 0 Å². The maximum Gasteiger partial charge on any atom is 0.352 e. The fraction of sp³-hybridized carbons (Fsp3) is 0.333. The molecule has 4 heteroatoms. The molecule has 1 aromatic rings. The van der Waals surface area contributed by atoms with Gasteiger partial charge >= 0.3 is 11.1 Å². The van der Waals surface area contributed by atoms with Gasteiger partial charge in [-0.25, -0.2) is 4.79 Å². The van der Waals surface area contributed by atoms with E-state index in [0.717, 1.165) is 0 Å². The van der Waals surface area contributed by atoms with Gasteiger partial charge in [0.05, 0.1) is 17.4 Å². The van der Waals surface area contributed by atoms with Gasteiger partial charge in [0.2, 0.25) is 0 Å². The second-order valence-electron chi connectivity index (χ2n) is 2.79. The second kappa shape index (κ2) is 3.70. The summed E-state index contributed by atoms with van der Waals surface area (Å²) in [5.74, 6) is -1.45. The zero-order chi connectivity index (χ0) is 10.0. The molecule has 13 heavy (non-hydrogen) atoms. The first-order valence-electron chi connectivity index (χ1n) is 3.89. The van der Waals surface area contributed by atoms with Gasteiger partial charge in [-0.05, 0) is 19.1 Å². The van der Waals surface area contributed by atoms with Gasteiger partial charge in [-0.2, -0.15) is 0 Å². The van der Waals surface area contributed by atoms with Gasteiger partial charge in [0.25, 0.3) is 0 Å². The number of carboxylic acid groups (broad SMARTS) is 1. The third-order valence-electron chi connectivity index (χ3n) is 1.84. The quantitative estimate of drug-likeness (QED) is 0.760. The number of carboxylic acids is 1. The van der Waals surface area contributed by atoms with Gasteiger partial charge in [-0.15, -0.1) is 0 Å². The third-order valence-corrected chi connectivity index (χ3v) is 3.88. The number of hydrogen-bond acceptors (Lipinski definition) is 2. The predicted octanol–water partition coefficient (Wildman–Crippen LogP) is 2.28. The highest BCUT2D eigenvalue weighted by atomic mass is 32.2. The number of thiophene rings is 1. The van der Waals surface area contributed by atoms with Crippen molar-refractivity contribution in [2.24, 2.45) is 0 Å². The normalized spacial score (nSPS) is 13.8. The van der Waals surface area contributed by atoms with Crippen molar-refractivity contribution in [3.63, 3.8) is 0 Å². The number of carbonyl (C=O) groups excluding carboxylic acids is 1. The van der Waals surface area contributed by atoms with Gasteiger partial charge in [0, 0.05) is 0 Å². The average Bonchev–Trinajstić information content (AvgIpc) is 2.50. The van der Waals surface area contributed by atoms with Crippen LogP contribution in [0.2, 0.25) is 0 Å². The smallest absolute Gasteiger partial charge is 0.352 e. The van der Waals surface area contributed by atoms with Crippen LogP contribution < -0.4 is 0 Å². The molecule has 2 unspecified atom stereocenters. The Bertz CT molecular complexity index is 340. The molecule has 0 aliphatic heterocycles. The van der Waals surface area contributed by atoms with Crippen molar-refractivity contribution in [3.05, 3.63) is 22.4 Å². The summed E-state index contributed by atoms with van der Waals surface area (Å²) in [5.41, 5.74) is 0. The van der Waals surface area contributed by atoms with E-state index in [1.165, 1.54) is 6.92 Å². The van der Waals surface area contributed by atoms with Crippen LogP contribution in [-0.4, -0.2) is 16.2 Å². The molecule has 0 fully saturated rings. The molecule has 0 saturated heterocycles. The molecule has 0 aliphatic carbocycles. The van der Waals surface area contributed by atoms with E-state index in [4.69, 9.17) is 5.11 Å². The Balaban J connectivity index is 3.07. The van der Waals surface area contributed by atoms with Crippen molar-refractivity contribution in [2.75, 3.05) is 0 Å². The van der Waals surface area contributed by atoms with Crippen molar-refractivity contribution < 1.29 is 14.7 Å². The molecule has 0 aliphatic rings. The number of hydrogen-bond donors (Lipinski definition) is 1. The van der Waals surface area contributed by atoms with Gasteiger partial charge < -0.3 is 5.11 Å². The van der Waals surface area contributed by atoms with Crippen LogP contribution in [0.1, 0.15) is 29.4 Å². The molecule has 70 valence electrons. The molecule has 1 aromatic heterocycles. The standard InChI is InChI=1S/C9H10O3S/c1-6(9(11)12)8-4-3-5-13(8)7(2)10/h3-6H,1-2H3/p+1. The summed E-state index contributed by atoms with van der Waals surface area (Å²) in [5, 5.41) is 10.5. The molecule has 0 amide bonds. The molecular weight excluding hydrogens is 188 g/mol. The summed E-state index contributed by atoms with van der Waals surface area (Å²) in [4.78, 5) is 22.5. The van der Waals surface area contributed by atoms with Crippen molar-refractivity contribution in [2.45, 2.75) is 19.8 Å². The van der Waals surface area contributed by atoms with E-state index < -0.39 is 22.4 Å². The molecular formula is C9H11O3S+. The van der Waals surface area contributed by atoms with Crippen molar-refractivity contribution >= 4 is 21.6 Å². The fourth-order valence-corrected chi connectivity index (χ4v) is 2.71. The van der Waals surface area contributed by atoms with Crippen molar-refractivity contribution in [1.29, 1.82) is 0 Å². The Hall–Kier alpha value is -1.16. The monoisotopic (exact) mass is 199 g/mol. The predicted molar refractivity (Wildman–Crippen MR) is 51.3 cm³/mol. The Morgan fingerprint density at radius 3 is 2.62 bits per heavy atom. The summed E-state index contributed by atoms with van der Waals surface area (Å²) in [7, 11) is -0.607. The zero-order valence-electron chi connectivity index (χ0n) is 7.48. The molecule has 3 nitrogen and oxygen atoms in total. The Kier molecular flexibility index (Phi) is 2.83. The first-order valence-corrected chi connectivity index (χ1v) is 5.17. The minimum absolute atomic E-state index is 0.0214. The molecule has 2 atom stereocenters. The number of rotatable bonds is 3. The summed E-state index contributed by atoms with van der Waals surface area (Å²) < 4.78 is 0. The van der Waals surface area contributed by atoms with Crippen molar-refractivity contribution in [1.82, 2.24) is 0 Å². The lowest BCUT2D eigenvalue weighted by atomic mass is 10.1. The molecule has 0 aromatic carbocycles. The largest absolute Gasteiger partial charge is 0.481 e. The minimum Gasteiger partial charge on any atom is -0.481 e.